The normalized spacial score (nSPS) is 11.1. The maximum absolute atomic E-state index is 11.5. The fourth-order valence-electron chi connectivity index (χ4n) is 0.925. The van der Waals surface area contributed by atoms with Crippen molar-refractivity contribution in [2.24, 2.45) is 5.41 Å². The molecule has 0 fully saturated rings. The molecule has 0 rings (SSSR count). The molecule has 0 aliphatic heterocycles. The Hall–Kier alpha value is -1.10. The van der Waals surface area contributed by atoms with Crippen LogP contribution in [0.3, 0.4) is 0 Å². The molecule has 0 atom stereocenters. The second-order valence-electron chi connectivity index (χ2n) is 4.42. The van der Waals surface area contributed by atoms with Crippen molar-refractivity contribution in [3.05, 3.63) is 0 Å². The monoisotopic (exact) mass is 246 g/mol. The molecular formula is C12H22O5. The lowest BCUT2D eigenvalue weighted by Gasteiger charge is -2.20. The van der Waals surface area contributed by atoms with Crippen LogP contribution in [0.4, 0.5) is 0 Å². The van der Waals surface area contributed by atoms with Gasteiger partial charge in [-0.3, -0.25) is 9.59 Å². The van der Waals surface area contributed by atoms with Gasteiger partial charge in [0.25, 0.3) is 0 Å². The fourth-order valence-corrected chi connectivity index (χ4v) is 0.925. The highest BCUT2D eigenvalue weighted by molar-refractivity contribution is 5.75. The van der Waals surface area contributed by atoms with Crippen molar-refractivity contribution in [2.45, 2.75) is 40.0 Å². The Bertz CT molecular complexity index is 247. The molecule has 0 spiro atoms. The number of carbonyl (C=O) groups is 2. The van der Waals surface area contributed by atoms with E-state index in [1.165, 1.54) is 0 Å². The van der Waals surface area contributed by atoms with Gasteiger partial charge in [0.1, 0.15) is 13.2 Å². The number of rotatable bonds is 8. The van der Waals surface area contributed by atoms with Crippen LogP contribution in [0.25, 0.3) is 0 Å². The molecule has 5 heteroatoms. The lowest BCUT2D eigenvalue weighted by atomic mass is 9.91. The van der Waals surface area contributed by atoms with Gasteiger partial charge in [-0.05, 0) is 26.7 Å². The topological polar surface area (TPSA) is 72.8 Å². The van der Waals surface area contributed by atoms with Crippen molar-refractivity contribution < 1.29 is 24.2 Å². The van der Waals surface area contributed by atoms with Crippen LogP contribution in [0.1, 0.15) is 40.0 Å². The molecule has 1 N–H and O–H groups in total. The second kappa shape index (κ2) is 8.06. The second-order valence-corrected chi connectivity index (χ2v) is 4.42. The number of carbonyl (C=O) groups excluding carboxylic acids is 2. The number of esters is 2. The van der Waals surface area contributed by atoms with E-state index in [0.29, 0.717) is 12.8 Å². The molecule has 0 bridgehead atoms. The molecule has 0 aromatic carbocycles. The molecule has 0 amide bonds. The quantitative estimate of drug-likeness (QED) is 0.516. The summed E-state index contributed by atoms with van der Waals surface area (Å²) in [6, 6.07) is 0. The van der Waals surface area contributed by atoms with Crippen molar-refractivity contribution in [2.75, 3.05) is 19.8 Å². The summed E-state index contributed by atoms with van der Waals surface area (Å²) in [4.78, 5) is 22.5. The zero-order chi connectivity index (χ0) is 13.3. The Morgan fingerprint density at radius 2 is 1.76 bits per heavy atom. The number of hydrogen-bond donors (Lipinski definition) is 1. The average Bonchev–Trinajstić information content (AvgIpc) is 2.31. The molecule has 17 heavy (non-hydrogen) atoms. The van der Waals surface area contributed by atoms with Gasteiger partial charge in [-0.15, -0.1) is 0 Å². The van der Waals surface area contributed by atoms with Crippen molar-refractivity contribution >= 4 is 11.9 Å². The first-order valence-corrected chi connectivity index (χ1v) is 5.87. The molecule has 0 saturated heterocycles. The molecule has 0 unspecified atom stereocenters. The highest BCUT2D eigenvalue weighted by Gasteiger charge is 2.26. The number of hydrogen-bond acceptors (Lipinski definition) is 5. The molecule has 0 aromatic heterocycles. The van der Waals surface area contributed by atoms with E-state index in [2.05, 4.69) is 0 Å². The fraction of sp³-hybridized carbons (Fsp3) is 0.833. The lowest BCUT2D eigenvalue weighted by molar-refractivity contribution is -0.159. The highest BCUT2D eigenvalue weighted by Crippen LogP contribution is 2.21. The molecule has 0 aliphatic rings. The Balaban J connectivity index is 3.65. The number of aliphatic hydroxyl groups excluding tert-OH is 1. The van der Waals surface area contributed by atoms with Gasteiger partial charge in [-0.1, -0.05) is 6.92 Å². The summed E-state index contributed by atoms with van der Waals surface area (Å²) in [6.07, 6.45) is 1.27. The van der Waals surface area contributed by atoms with Crippen LogP contribution in [0.2, 0.25) is 0 Å². The van der Waals surface area contributed by atoms with Crippen LogP contribution in [-0.2, 0) is 19.1 Å². The first kappa shape index (κ1) is 15.9. The summed E-state index contributed by atoms with van der Waals surface area (Å²) in [5.74, 6) is -0.670. The Morgan fingerprint density at radius 1 is 1.18 bits per heavy atom. The third-order valence-electron chi connectivity index (χ3n) is 2.56. The average molecular weight is 246 g/mol. The van der Waals surface area contributed by atoms with Crippen LogP contribution in [0.5, 0.6) is 0 Å². The maximum Gasteiger partial charge on any atom is 0.311 e. The van der Waals surface area contributed by atoms with Gasteiger partial charge in [0.2, 0.25) is 0 Å². The van der Waals surface area contributed by atoms with Crippen molar-refractivity contribution in [3.63, 3.8) is 0 Å². The Labute approximate surface area is 102 Å². The van der Waals surface area contributed by atoms with Crippen LogP contribution in [-0.4, -0.2) is 36.9 Å². The van der Waals surface area contributed by atoms with Crippen LogP contribution in [0, 0.1) is 5.41 Å². The summed E-state index contributed by atoms with van der Waals surface area (Å²) in [5, 5.41) is 8.50. The zero-order valence-corrected chi connectivity index (χ0v) is 10.8. The van der Waals surface area contributed by atoms with Gasteiger partial charge in [0.15, 0.2) is 0 Å². The predicted molar refractivity (Wildman–Crippen MR) is 62.3 cm³/mol. The summed E-state index contributed by atoms with van der Waals surface area (Å²) in [5.41, 5.74) is -0.499. The number of ether oxygens (including phenoxy) is 2. The molecule has 0 radical (unpaired) electrons. The number of aliphatic hydroxyl groups is 1. The Morgan fingerprint density at radius 3 is 2.29 bits per heavy atom. The summed E-state index contributed by atoms with van der Waals surface area (Å²) in [6.45, 7) is 5.64. The SMILES string of the molecule is CCC(C)(C)C(=O)OCCOC(=O)CCCO. The first-order chi connectivity index (χ1) is 7.94. The minimum atomic E-state index is -0.499. The standard InChI is InChI=1S/C12H22O5/c1-4-12(2,3)11(15)17-9-8-16-10(14)6-5-7-13/h13H,4-9H2,1-3H3. The first-order valence-electron chi connectivity index (χ1n) is 5.87. The van der Waals surface area contributed by atoms with E-state index < -0.39 is 5.41 Å². The van der Waals surface area contributed by atoms with Gasteiger partial charge < -0.3 is 14.6 Å². The van der Waals surface area contributed by atoms with E-state index in [4.69, 9.17) is 14.6 Å². The Kier molecular flexibility index (Phi) is 7.54. The minimum absolute atomic E-state index is 0.0330. The summed E-state index contributed by atoms with van der Waals surface area (Å²) < 4.78 is 9.80. The van der Waals surface area contributed by atoms with Crippen molar-refractivity contribution in [1.82, 2.24) is 0 Å². The molecule has 0 saturated carbocycles. The summed E-state index contributed by atoms with van der Waals surface area (Å²) in [7, 11) is 0. The van der Waals surface area contributed by atoms with Crippen LogP contribution in [0.15, 0.2) is 0 Å². The van der Waals surface area contributed by atoms with Gasteiger partial charge in [-0.2, -0.15) is 0 Å². The van der Waals surface area contributed by atoms with E-state index >= 15 is 0 Å². The molecular weight excluding hydrogens is 224 g/mol. The van der Waals surface area contributed by atoms with Crippen molar-refractivity contribution in [3.8, 4) is 0 Å². The molecule has 0 aromatic rings. The van der Waals surface area contributed by atoms with Gasteiger partial charge in [0.05, 0.1) is 5.41 Å². The van der Waals surface area contributed by atoms with Crippen LogP contribution < -0.4 is 0 Å². The molecule has 0 aliphatic carbocycles. The third kappa shape index (κ3) is 6.94. The van der Waals surface area contributed by atoms with E-state index in [0.717, 1.165) is 0 Å². The lowest BCUT2D eigenvalue weighted by Crippen LogP contribution is -2.27. The molecule has 100 valence electrons. The van der Waals surface area contributed by atoms with Gasteiger partial charge >= 0.3 is 11.9 Å². The van der Waals surface area contributed by atoms with E-state index in [1.807, 2.05) is 20.8 Å². The van der Waals surface area contributed by atoms with E-state index in [-0.39, 0.29) is 38.2 Å². The highest BCUT2D eigenvalue weighted by atomic mass is 16.6. The van der Waals surface area contributed by atoms with E-state index in [9.17, 15) is 9.59 Å². The van der Waals surface area contributed by atoms with Crippen LogP contribution >= 0.6 is 0 Å². The molecule has 0 heterocycles. The maximum atomic E-state index is 11.5. The third-order valence-corrected chi connectivity index (χ3v) is 2.56. The van der Waals surface area contributed by atoms with Gasteiger partial charge in [-0.25, -0.2) is 0 Å². The predicted octanol–water partition coefficient (Wildman–Crippen LogP) is 1.28. The molecule has 5 nitrogen and oxygen atoms in total. The largest absolute Gasteiger partial charge is 0.462 e. The summed E-state index contributed by atoms with van der Waals surface area (Å²) >= 11 is 0. The van der Waals surface area contributed by atoms with Gasteiger partial charge in [0, 0.05) is 13.0 Å². The minimum Gasteiger partial charge on any atom is -0.462 e. The van der Waals surface area contributed by atoms with E-state index in [1.54, 1.807) is 0 Å². The smallest absolute Gasteiger partial charge is 0.311 e. The van der Waals surface area contributed by atoms with Crippen molar-refractivity contribution in [1.29, 1.82) is 0 Å². The zero-order valence-electron chi connectivity index (χ0n) is 10.8.